The lowest BCUT2D eigenvalue weighted by atomic mass is 10.1. The summed E-state index contributed by atoms with van der Waals surface area (Å²) in [7, 11) is 0. The van der Waals surface area contributed by atoms with Crippen LogP contribution in [0.1, 0.15) is 0 Å². The third-order valence-electron chi connectivity index (χ3n) is 4.29. The molecule has 4 heterocycles. The average molecular weight is 408 g/mol. The molecule has 1 aromatic carbocycles. The first-order valence-electron chi connectivity index (χ1n) is 7.93. The summed E-state index contributed by atoms with van der Waals surface area (Å²) in [5.74, 6) is 0.818. The van der Waals surface area contributed by atoms with E-state index in [-0.39, 0.29) is 5.82 Å². The summed E-state index contributed by atoms with van der Waals surface area (Å²) < 4.78 is 15.2. The third kappa shape index (κ3) is 2.32. The Kier molecular flexibility index (Phi) is 3.36. The number of H-pyrrole nitrogens is 1. The zero-order valence-corrected chi connectivity index (χ0v) is 14.9. The van der Waals surface area contributed by atoms with E-state index < -0.39 is 0 Å². The van der Waals surface area contributed by atoms with Gasteiger partial charge in [0.1, 0.15) is 23.2 Å². The Morgan fingerprint density at radius 3 is 2.85 bits per heavy atom. The summed E-state index contributed by atoms with van der Waals surface area (Å²) >= 11 is 3.39. The number of hydrogen-bond acceptors (Lipinski definition) is 4. The summed E-state index contributed by atoms with van der Waals surface area (Å²) in [6.07, 6.45) is 5.17. The van der Waals surface area contributed by atoms with Crippen molar-refractivity contribution < 1.29 is 4.39 Å². The number of hydrogen-bond donors (Lipinski definition) is 2. The number of fused-ring (bicyclic) bond motifs is 5. The second-order valence-corrected chi connectivity index (χ2v) is 6.79. The van der Waals surface area contributed by atoms with Crippen molar-refractivity contribution in [1.29, 1.82) is 0 Å². The van der Waals surface area contributed by atoms with Crippen LogP contribution in [0.2, 0.25) is 0 Å². The van der Waals surface area contributed by atoms with E-state index in [1.54, 1.807) is 30.7 Å². The van der Waals surface area contributed by atoms with Crippen LogP contribution in [0.3, 0.4) is 0 Å². The number of pyridine rings is 2. The summed E-state index contributed by atoms with van der Waals surface area (Å²) in [5, 5.41) is 3.30. The van der Waals surface area contributed by atoms with E-state index in [9.17, 15) is 4.39 Å². The summed E-state index contributed by atoms with van der Waals surface area (Å²) in [4.78, 5) is 16.6. The van der Waals surface area contributed by atoms with Crippen LogP contribution in [-0.4, -0.2) is 19.9 Å². The van der Waals surface area contributed by atoms with Gasteiger partial charge in [0.2, 0.25) is 0 Å². The molecule has 0 radical (unpaired) electrons. The highest BCUT2D eigenvalue weighted by Gasteiger charge is 2.24. The van der Waals surface area contributed by atoms with Crippen LogP contribution in [0.25, 0.3) is 33.9 Å². The topological polar surface area (TPSA) is 66.5 Å². The Bertz CT molecular complexity index is 1090. The molecule has 26 heavy (non-hydrogen) atoms. The number of halogens is 2. The lowest BCUT2D eigenvalue weighted by molar-refractivity contribution is 0.630. The van der Waals surface area contributed by atoms with Crippen molar-refractivity contribution in [2.24, 2.45) is 0 Å². The molecule has 2 N–H and O–H groups in total. The van der Waals surface area contributed by atoms with E-state index in [1.165, 1.54) is 6.07 Å². The molecule has 3 aromatic heterocycles. The third-order valence-corrected chi connectivity index (χ3v) is 4.79. The molecule has 0 saturated carbocycles. The molecule has 4 aromatic rings. The molecule has 0 amide bonds. The van der Waals surface area contributed by atoms with Gasteiger partial charge in [-0.1, -0.05) is 15.9 Å². The number of aromatic amines is 1. The minimum Gasteiger partial charge on any atom is -0.338 e. The van der Waals surface area contributed by atoms with Crippen LogP contribution >= 0.6 is 15.9 Å². The summed E-state index contributed by atoms with van der Waals surface area (Å²) in [6.45, 7) is 0. The molecule has 126 valence electrons. The van der Waals surface area contributed by atoms with Crippen molar-refractivity contribution in [3.63, 3.8) is 0 Å². The smallest absolute Gasteiger partial charge is 0.141 e. The summed E-state index contributed by atoms with van der Waals surface area (Å²) in [6, 6.07) is 10.5. The molecule has 0 atom stereocenters. The molecule has 0 unspecified atom stereocenters. The van der Waals surface area contributed by atoms with Crippen LogP contribution < -0.4 is 5.32 Å². The van der Waals surface area contributed by atoms with Gasteiger partial charge in [-0.3, -0.25) is 4.98 Å². The minimum atomic E-state index is -0.336. The average Bonchev–Trinajstić information content (AvgIpc) is 3.04. The Balaban J connectivity index is 1.82. The highest BCUT2D eigenvalue weighted by molar-refractivity contribution is 9.10. The maximum Gasteiger partial charge on any atom is 0.141 e. The molecule has 0 aliphatic carbocycles. The molecule has 1 aliphatic rings. The first-order chi connectivity index (χ1) is 12.7. The molecular weight excluding hydrogens is 397 g/mol. The molecule has 0 saturated heterocycles. The highest BCUT2D eigenvalue weighted by Crippen LogP contribution is 2.42. The maximum atomic E-state index is 14.4. The van der Waals surface area contributed by atoms with Crippen LogP contribution in [0.4, 0.5) is 15.9 Å². The Hall–Kier alpha value is -3.06. The van der Waals surface area contributed by atoms with Crippen molar-refractivity contribution in [2.75, 3.05) is 5.32 Å². The minimum absolute atomic E-state index is 0.336. The van der Waals surface area contributed by atoms with E-state index in [0.717, 1.165) is 32.7 Å². The predicted octanol–water partition coefficient (Wildman–Crippen LogP) is 5.16. The van der Waals surface area contributed by atoms with Gasteiger partial charge in [-0.15, -0.1) is 0 Å². The van der Waals surface area contributed by atoms with E-state index >= 15 is 0 Å². The van der Waals surface area contributed by atoms with E-state index in [1.807, 2.05) is 18.2 Å². The molecule has 0 fully saturated rings. The van der Waals surface area contributed by atoms with Crippen molar-refractivity contribution in [3.8, 4) is 33.9 Å². The van der Waals surface area contributed by atoms with Gasteiger partial charge in [0, 0.05) is 28.0 Å². The second kappa shape index (κ2) is 5.74. The largest absolute Gasteiger partial charge is 0.338 e. The van der Waals surface area contributed by atoms with Crippen LogP contribution in [0, 0.1) is 5.82 Å². The van der Waals surface area contributed by atoms with Crippen molar-refractivity contribution in [3.05, 3.63) is 65.3 Å². The number of rotatable bonds is 1. The first kappa shape index (κ1) is 15.2. The van der Waals surface area contributed by atoms with Gasteiger partial charge in [0.05, 0.1) is 23.1 Å². The highest BCUT2D eigenvalue weighted by atomic mass is 79.9. The number of nitrogens with one attached hydrogen (secondary N) is 2. The fourth-order valence-corrected chi connectivity index (χ4v) is 3.47. The zero-order chi connectivity index (χ0) is 17.7. The molecule has 7 heteroatoms. The SMILES string of the molecule is Fc1ccc(Br)cc1-c1nc2c([nH]1)-c1ccncc1Nc1ncccc1-2. The van der Waals surface area contributed by atoms with Gasteiger partial charge in [-0.2, -0.15) is 0 Å². The van der Waals surface area contributed by atoms with Crippen LogP contribution in [-0.2, 0) is 0 Å². The quantitative estimate of drug-likeness (QED) is 0.402. The lowest BCUT2D eigenvalue weighted by Crippen LogP contribution is -1.96. The molecule has 0 spiro atoms. The van der Waals surface area contributed by atoms with Crippen LogP contribution in [0.5, 0.6) is 0 Å². The first-order valence-corrected chi connectivity index (χ1v) is 8.72. The van der Waals surface area contributed by atoms with Crippen molar-refractivity contribution in [2.45, 2.75) is 0 Å². The predicted molar refractivity (Wildman–Crippen MR) is 101 cm³/mol. The number of aromatic nitrogens is 4. The molecule has 0 bridgehead atoms. The molecule has 5 nitrogen and oxygen atoms in total. The fourth-order valence-electron chi connectivity index (χ4n) is 3.11. The Labute approximate surface area is 156 Å². The van der Waals surface area contributed by atoms with Gasteiger partial charge in [-0.05, 0) is 36.4 Å². The monoisotopic (exact) mass is 407 g/mol. The molecule has 5 rings (SSSR count). The molecular formula is C19H11BrFN5. The normalized spacial score (nSPS) is 11.8. The van der Waals surface area contributed by atoms with Gasteiger partial charge in [-0.25, -0.2) is 14.4 Å². The lowest BCUT2D eigenvalue weighted by Gasteiger charge is -2.08. The molecule has 1 aliphatic heterocycles. The van der Waals surface area contributed by atoms with Gasteiger partial charge >= 0.3 is 0 Å². The fraction of sp³-hybridized carbons (Fsp3) is 0. The number of anilines is 2. The van der Waals surface area contributed by atoms with E-state index in [0.29, 0.717) is 17.2 Å². The van der Waals surface area contributed by atoms with Gasteiger partial charge in [0.15, 0.2) is 0 Å². The number of imidazole rings is 1. The standard InChI is InChI=1S/C19H11BrFN5/c20-10-3-4-14(21)13(8-10)19-25-16-11-5-7-22-9-15(11)24-18-12(17(16)26-19)2-1-6-23-18/h1-9H,(H,23,24)(H,25,26). The van der Waals surface area contributed by atoms with Crippen molar-refractivity contribution in [1.82, 2.24) is 19.9 Å². The summed E-state index contributed by atoms with van der Waals surface area (Å²) in [5.41, 5.74) is 4.49. The van der Waals surface area contributed by atoms with Crippen LogP contribution in [0.15, 0.2) is 59.5 Å². The number of nitrogens with zero attached hydrogens (tertiary/aromatic N) is 3. The van der Waals surface area contributed by atoms with E-state index in [4.69, 9.17) is 4.98 Å². The number of benzene rings is 1. The maximum absolute atomic E-state index is 14.4. The van der Waals surface area contributed by atoms with Gasteiger partial charge in [0.25, 0.3) is 0 Å². The van der Waals surface area contributed by atoms with Gasteiger partial charge < -0.3 is 10.3 Å². The Morgan fingerprint density at radius 2 is 1.92 bits per heavy atom. The zero-order valence-electron chi connectivity index (χ0n) is 13.3. The Morgan fingerprint density at radius 1 is 1.00 bits per heavy atom. The van der Waals surface area contributed by atoms with Crippen molar-refractivity contribution >= 4 is 27.4 Å². The van der Waals surface area contributed by atoms with E-state index in [2.05, 4.69) is 36.2 Å². The second-order valence-electron chi connectivity index (χ2n) is 5.88.